The van der Waals surface area contributed by atoms with E-state index >= 15 is 0 Å². The number of rotatable bonds is 16. The Morgan fingerprint density at radius 3 is 2.33 bits per heavy atom. The number of fused-ring (bicyclic) bond motifs is 1. The second-order valence-electron chi connectivity index (χ2n) is 17.8. The molecule has 16 nitrogen and oxygen atoms in total. The second kappa shape index (κ2) is 17.0. The van der Waals surface area contributed by atoms with Crippen LogP contribution in [0.25, 0.3) is 10.9 Å². The standard InChI is InChI=1S/C39H54ClF3N6O10S/c1-10-22-20-38(22,33(52)47-60(54,55)59-37(7)14-15-37)46-31(50)26-18-23(57-27-19-28(56-17-16-48(8)9)44-29-24(27)12-11-13-25(29)40)21-49(26)32(51)30(35(2,3)4)45-34(53)58-36(5,6)39(41,42)43/h11-13,19,22-23,26,30H,10,14-18,20-21H2,1-9H3,(H,45,53)(H,46,50)(H,47,52)/t22-,23-,26+,30-,38-/m1/s1. The van der Waals surface area contributed by atoms with Gasteiger partial charge in [0.2, 0.25) is 23.3 Å². The molecule has 21 heteroatoms. The molecule has 4 amide bonds. The number of hydrogen-bond acceptors (Lipinski definition) is 12. The third-order valence-electron chi connectivity index (χ3n) is 10.9. The maximum absolute atomic E-state index is 14.6. The Morgan fingerprint density at radius 2 is 1.77 bits per heavy atom. The van der Waals surface area contributed by atoms with Gasteiger partial charge < -0.3 is 34.6 Å². The van der Waals surface area contributed by atoms with Crippen LogP contribution in [0.2, 0.25) is 5.02 Å². The molecule has 2 aromatic rings. The minimum absolute atomic E-state index is 0.0851. The summed E-state index contributed by atoms with van der Waals surface area (Å²) in [5.41, 5.74) is -6.31. The minimum Gasteiger partial charge on any atom is -0.488 e. The van der Waals surface area contributed by atoms with Crippen molar-refractivity contribution in [3.05, 3.63) is 29.3 Å². The van der Waals surface area contributed by atoms with Gasteiger partial charge in [-0.15, -0.1) is 0 Å². The number of likely N-dealkylation sites (N-methyl/N-ethyl adjacent to an activating group) is 1. The van der Waals surface area contributed by atoms with Gasteiger partial charge in [-0.2, -0.15) is 21.6 Å². The normalized spacial score (nSPS) is 23.2. The minimum atomic E-state index is -4.93. The highest BCUT2D eigenvalue weighted by Crippen LogP contribution is 2.47. The lowest BCUT2D eigenvalue weighted by Crippen LogP contribution is -2.60. The fraction of sp³-hybridized carbons (Fsp3) is 0.667. The summed E-state index contributed by atoms with van der Waals surface area (Å²) >= 11 is 6.53. The number of alkyl halides is 3. The first-order valence-corrected chi connectivity index (χ1v) is 21.4. The van der Waals surface area contributed by atoms with Crippen LogP contribution in [0, 0.1) is 11.3 Å². The number of halogens is 4. The maximum atomic E-state index is 14.6. The molecule has 5 atom stereocenters. The number of para-hydroxylation sites is 1. The number of amides is 4. The van der Waals surface area contributed by atoms with Crippen LogP contribution in [0.3, 0.4) is 0 Å². The monoisotopic (exact) mass is 890 g/mol. The van der Waals surface area contributed by atoms with Gasteiger partial charge in [0.1, 0.15) is 36.1 Å². The van der Waals surface area contributed by atoms with E-state index in [0.29, 0.717) is 55.6 Å². The molecular formula is C39H54ClF3N6O10S. The van der Waals surface area contributed by atoms with Crippen LogP contribution in [0.5, 0.6) is 11.6 Å². The predicted octanol–water partition coefficient (Wildman–Crippen LogP) is 4.87. The van der Waals surface area contributed by atoms with E-state index in [1.807, 2.05) is 23.7 Å². The fourth-order valence-electron chi connectivity index (χ4n) is 6.83. The lowest BCUT2D eigenvalue weighted by Gasteiger charge is -2.36. The molecule has 2 heterocycles. The van der Waals surface area contributed by atoms with Crippen LogP contribution >= 0.6 is 11.6 Å². The summed E-state index contributed by atoms with van der Waals surface area (Å²) < 4.78 is 90.9. The van der Waals surface area contributed by atoms with Crippen LogP contribution in [0.4, 0.5) is 18.0 Å². The molecule has 1 saturated heterocycles. The zero-order valence-electron chi connectivity index (χ0n) is 35.1. The van der Waals surface area contributed by atoms with Crippen LogP contribution in [-0.4, -0.2) is 122 Å². The second-order valence-corrected chi connectivity index (χ2v) is 19.4. The van der Waals surface area contributed by atoms with Crippen molar-refractivity contribution in [1.82, 2.24) is 30.1 Å². The summed E-state index contributed by atoms with van der Waals surface area (Å²) in [6.45, 7) is 9.93. The van der Waals surface area contributed by atoms with Gasteiger partial charge in [-0.1, -0.05) is 51.8 Å². The molecule has 1 aromatic heterocycles. The SMILES string of the molecule is CC[C@@H]1C[C@]1(NC(=O)[C@@H]1C[C@@H](Oc2cc(OCCN(C)C)nc3c(Cl)cccc23)CN1C(=O)[C@@H](NC(=O)OC(C)(C)C(F)(F)F)C(C)(C)C)C(=O)NS(=O)(=O)OC1(C)CC1. The molecule has 334 valence electrons. The van der Waals surface area contributed by atoms with Crippen molar-refractivity contribution in [3.63, 3.8) is 0 Å². The van der Waals surface area contributed by atoms with Gasteiger partial charge in [-0.3, -0.25) is 14.4 Å². The lowest BCUT2D eigenvalue weighted by atomic mass is 9.85. The number of carbonyl (C=O) groups is 4. The molecule has 60 heavy (non-hydrogen) atoms. The first-order valence-electron chi connectivity index (χ1n) is 19.6. The number of nitrogens with zero attached hydrogens (tertiary/aromatic N) is 3. The van der Waals surface area contributed by atoms with Crippen LogP contribution in [-0.2, 0) is 33.6 Å². The highest BCUT2D eigenvalue weighted by Gasteiger charge is 2.62. The van der Waals surface area contributed by atoms with Crippen molar-refractivity contribution in [2.45, 2.75) is 122 Å². The van der Waals surface area contributed by atoms with Gasteiger partial charge in [-0.25, -0.2) is 18.7 Å². The van der Waals surface area contributed by atoms with E-state index in [4.69, 9.17) is 30.0 Å². The molecule has 0 unspecified atom stereocenters. The smallest absolute Gasteiger partial charge is 0.427 e. The van der Waals surface area contributed by atoms with E-state index in [2.05, 4.69) is 15.6 Å². The van der Waals surface area contributed by atoms with E-state index in [0.717, 1.165) is 4.90 Å². The average Bonchev–Trinajstić information content (AvgIpc) is 3.97. The van der Waals surface area contributed by atoms with E-state index in [1.165, 1.54) is 0 Å². The zero-order chi connectivity index (χ0) is 44.8. The molecule has 2 saturated carbocycles. The first-order chi connectivity index (χ1) is 27.6. The average molecular weight is 891 g/mol. The number of benzene rings is 1. The van der Waals surface area contributed by atoms with E-state index in [9.17, 15) is 40.8 Å². The molecule has 0 spiro atoms. The Hall–Kier alpha value is -4.14. The Kier molecular flexibility index (Phi) is 13.3. The number of aromatic nitrogens is 1. The molecule has 5 rings (SSSR count). The number of ether oxygens (including phenoxy) is 3. The van der Waals surface area contributed by atoms with Crippen molar-refractivity contribution < 1.29 is 59.2 Å². The molecule has 0 bridgehead atoms. The number of hydrogen-bond donors (Lipinski definition) is 3. The lowest BCUT2D eigenvalue weighted by molar-refractivity contribution is -0.244. The van der Waals surface area contributed by atoms with Crippen molar-refractivity contribution in [2.75, 3.05) is 33.8 Å². The fourth-order valence-corrected chi connectivity index (χ4v) is 8.20. The molecule has 1 aliphatic heterocycles. The van der Waals surface area contributed by atoms with Gasteiger partial charge in [0, 0.05) is 24.4 Å². The number of pyridine rings is 1. The van der Waals surface area contributed by atoms with Crippen molar-refractivity contribution in [3.8, 4) is 11.6 Å². The Bertz CT molecular complexity index is 2100. The van der Waals surface area contributed by atoms with Crippen molar-refractivity contribution in [1.29, 1.82) is 0 Å². The number of carbonyl (C=O) groups excluding carboxylic acids is 4. The molecule has 2 aliphatic carbocycles. The first kappa shape index (κ1) is 46.9. The topological polar surface area (TPSA) is 195 Å². The van der Waals surface area contributed by atoms with E-state index in [-0.39, 0.29) is 37.6 Å². The third kappa shape index (κ3) is 10.8. The molecular weight excluding hydrogens is 837 g/mol. The molecule has 3 fully saturated rings. The highest BCUT2D eigenvalue weighted by molar-refractivity contribution is 7.85. The highest BCUT2D eigenvalue weighted by atomic mass is 35.5. The van der Waals surface area contributed by atoms with Gasteiger partial charge in [0.25, 0.3) is 5.91 Å². The van der Waals surface area contributed by atoms with Crippen molar-refractivity contribution in [2.24, 2.45) is 11.3 Å². The third-order valence-corrected chi connectivity index (χ3v) is 12.3. The Morgan fingerprint density at radius 1 is 1.10 bits per heavy atom. The van der Waals surface area contributed by atoms with Gasteiger partial charge in [-0.05, 0) is 77.6 Å². The Balaban J connectivity index is 1.48. The van der Waals surface area contributed by atoms with Gasteiger partial charge >= 0.3 is 22.6 Å². The molecule has 3 N–H and O–H groups in total. The summed E-state index contributed by atoms with van der Waals surface area (Å²) in [5.74, 6) is -2.74. The van der Waals surface area contributed by atoms with Crippen LogP contribution in [0.1, 0.15) is 80.6 Å². The van der Waals surface area contributed by atoms with E-state index in [1.54, 1.807) is 58.9 Å². The van der Waals surface area contributed by atoms with Crippen LogP contribution < -0.4 is 24.8 Å². The molecule has 3 aliphatic rings. The zero-order valence-corrected chi connectivity index (χ0v) is 36.7. The number of nitrogens with one attached hydrogen (secondary N) is 3. The summed E-state index contributed by atoms with van der Waals surface area (Å²) in [6, 6.07) is 3.67. The summed E-state index contributed by atoms with van der Waals surface area (Å²) in [4.78, 5) is 63.3. The largest absolute Gasteiger partial charge is 0.488 e. The maximum Gasteiger partial charge on any atom is 0.427 e. The summed E-state index contributed by atoms with van der Waals surface area (Å²) in [5, 5.41) is 5.78. The summed E-state index contributed by atoms with van der Waals surface area (Å²) in [7, 11) is -0.805. The van der Waals surface area contributed by atoms with E-state index < -0.39 is 86.6 Å². The van der Waals surface area contributed by atoms with Crippen molar-refractivity contribution >= 4 is 56.6 Å². The Labute approximate surface area is 352 Å². The number of alkyl carbamates (subject to hydrolysis) is 1. The predicted molar refractivity (Wildman–Crippen MR) is 213 cm³/mol. The van der Waals surface area contributed by atoms with Gasteiger partial charge in [0.05, 0.1) is 22.7 Å². The van der Waals surface area contributed by atoms with Gasteiger partial charge in [0.15, 0.2) is 0 Å². The van der Waals surface area contributed by atoms with Crippen LogP contribution in [0.15, 0.2) is 24.3 Å². The molecule has 1 aromatic carbocycles. The molecule has 0 radical (unpaired) electrons. The quantitative estimate of drug-likeness (QED) is 0.207. The summed E-state index contributed by atoms with van der Waals surface area (Å²) in [6.07, 6.45) is -6.14. The number of likely N-dealkylation sites (tertiary alicyclic amines) is 1.